The van der Waals surface area contributed by atoms with Crippen molar-refractivity contribution in [3.8, 4) is 0 Å². The van der Waals surface area contributed by atoms with E-state index in [0.717, 1.165) is 0 Å². The van der Waals surface area contributed by atoms with Gasteiger partial charge in [0, 0.05) is 11.3 Å². The predicted molar refractivity (Wildman–Crippen MR) is 94.5 cm³/mol. The Bertz CT molecular complexity index is 765. The van der Waals surface area contributed by atoms with Crippen molar-refractivity contribution < 1.29 is 27.8 Å². The molecule has 27 heavy (non-hydrogen) atoms. The number of carbonyl (C=O) groups is 1. The van der Waals surface area contributed by atoms with Crippen molar-refractivity contribution in [2.75, 3.05) is 25.6 Å². The fourth-order valence-corrected chi connectivity index (χ4v) is 3.33. The lowest BCUT2D eigenvalue weighted by Crippen LogP contribution is -2.48. The van der Waals surface area contributed by atoms with E-state index in [9.17, 15) is 13.6 Å². The van der Waals surface area contributed by atoms with E-state index in [1.165, 1.54) is 18.2 Å². The van der Waals surface area contributed by atoms with Crippen molar-refractivity contribution in [2.24, 2.45) is 10.9 Å². The van der Waals surface area contributed by atoms with Crippen LogP contribution in [0.2, 0.25) is 0 Å². The number of amidine groups is 1. The fraction of sp³-hybridized carbons (Fsp3) is 0.556. The van der Waals surface area contributed by atoms with Gasteiger partial charge in [-0.15, -0.1) is 0 Å². The van der Waals surface area contributed by atoms with Crippen LogP contribution < -0.4 is 11.1 Å². The summed E-state index contributed by atoms with van der Waals surface area (Å²) in [5.74, 6) is -1.11. The summed E-state index contributed by atoms with van der Waals surface area (Å²) in [5, 5.41) is 2.41. The second kappa shape index (κ2) is 6.95. The number of hydrogen-bond acceptors (Lipinski definition) is 6. The Hall–Kier alpha value is -2.42. The standard InChI is InChI=1S/C18H23F2N3O4/c1-17(2,3)27-16(24)22-15-23-18(11-6-10(21)4-5-13(11)20)9-26-14(7-19)12(18)8-25-15/h4-6,12,14H,7-9,21H2,1-3H3,(H,22,23,24). The molecule has 1 fully saturated rings. The third kappa shape index (κ3) is 3.83. The lowest BCUT2D eigenvalue weighted by molar-refractivity contribution is 0.0466. The number of nitrogens with two attached hydrogens (primary N) is 1. The third-order valence-electron chi connectivity index (χ3n) is 4.50. The van der Waals surface area contributed by atoms with Crippen LogP contribution in [-0.2, 0) is 19.7 Å². The van der Waals surface area contributed by atoms with E-state index >= 15 is 0 Å². The molecule has 0 radical (unpaired) electrons. The summed E-state index contributed by atoms with van der Waals surface area (Å²) in [5.41, 5.74) is 4.37. The van der Waals surface area contributed by atoms with Gasteiger partial charge in [-0.05, 0) is 39.0 Å². The minimum absolute atomic E-state index is 0.00252. The zero-order valence-electron chi connectivity index (χ0n) is 15.4. The minimum Gasteiger partial charge on any atom is -0.464 e. The molecule has 1 aromatic carbocycles. The van der Waals surface area contributed by atoms with Crippen molar-refractivity contribution in [3.05, 3.63) is 29.6 Å². The van der Waals surface area contributed by atoms with Gasteiger partial charge < -0.3 is 19.9 Å². The Kier molecular flexibility index (Phi) is 4.98. The number of nitrogen functional groups attached to an aromatic ring is 1. The highest BCUT2D eigenvalue weighted by Gasteiger charge is 2.55. The van der Waals surface area contributed by atoms with Crippen molar-refractivity contribution >= 4 is 17.8 Å². The molecular formula is C18H23F2N3O4. The third-order valence-corrected chi connectivity index (χ3v) is 4.50. The van der Waals surface area contributed by atoms with Crippen LogP contribution in [0.4, 0.5) is 19.3 Å². The Morgan fingerprint density at radius 3 is 2.89 bits per heavy atom. The van der Waals surface area contributed by atoms with E-state index < -0.39 is 41.7 Å². The number of alkyl carbamates (subject to hydrolysis) is 1. The Balaban J connectivity index is 1.98. The van der Waals surface area contributed by atoms with Crippen LogP contribution in [-0.4, -0.2) is 43.7 Å². The lowest BCUT2D eigenvalue weighted by atomic mass is 9.78. The molecule has 1 aromatic rings. The van der Waals surface area contributed by atoms with Crippen LogP contribution in [0, 0.1) is 11.7 Å². The summed E-state index contributed by atoms with van der Waals surface area (Å²) in [7, 11) is 0. The molecule has 2 aliphatic rings. The van der Waals surface area contributed by atoms with Crippen LogP contribution in [0.1, 0.15) is 26.3 Å². The van der Waals surface area contributed by atoms with Gasteiger partial charge >= 0.3 is 6.09 Å². The van der Waals surface area contributed by atoms with Crippen LogP contribution in [0.5, 0.6) is 0 Å². The lowest BCUT2D eigenvalue weighted by Gasteiger charge is -2.36. The average molecular weight is 383 g/mol. The highest BCUT2D eigenvalue weighted by atomic mass is 19.1. The first-order chi connectivity index (χ1) is 12.6. The molecule has 0 aliphatic carbocycles. The predicted octanol–water partition coefficient (Wildman–Crippen LogP) is 2.50. The summed E-state index contributed by atoms with van der Waals surface area (Å²) in [6, 6.07) is 3.97. The van der Waals surface area contributed by atoms with Gasteiger partial charge in [-0.2, -0.15) is 0 Å². The number of ether oxygens (including phenoxy) is 3. The fourth-order valence-electron chi connectivity index (χ4n) is 3.33. The maximum absolute atomic E-state index is 14.6. The molecule has 7 nitrogen and oxygen atoms in total. The molecule has 3 N–H and O–H groups in total. The number of fused-ring (bicyclic) bond motifs is 1. The molecule has 0 aromatic heterocycles. The van der Waals surface area contributed by atoms with Crippen molar-refractivity contribution in [1.29, 1.82) is 0 Å². The highest BCUT2D eigenvalue weighted by Crippen LogP contribution is 2.46. The van der Waals surface area contributed by atoms with Crippen molar-refractivity contribution in [2.45, 2.75) is 38.0 Å². The number of anilines is 1. The van der Waals surface area contributed by atoms with E-state index in [1.807, 2.05) is 0 Å². The molecular weight excluding hydrogens is 360 g/mol. The van der Waals surface area contributed by atoms with Crippen LogP contribution >= 0.6 is 0 Å². The molecule has 3 unspecified atom stereocenters. The molecule has 148 valence electrons. The molecule has 3 atom stereocenters. The summed E-state index contributed by atoms with van der Waals surface area (Å²) in [6.45, 7) is 4.32. The minimum atomic E-state index is -1.25. The molecule has 0 spiro atoms. The molecule has 3 rings (SSSR count). The molecule has 0 saturated carbocycles. The normalized spacial score (nSPS) is 27.4. The SMILES string of the molecule is CC(C)(C)OC(=O)NC1=NC2(c3cc(N)ccc3F)COC(CF)C2CO1. The summed E-state index contributed by atoms with van der Waals surface area (Å²) < 4.78 is 44.2. The molecule has 1 saturated heterocycles. The van der Waals surface area contributed by atoms with E-state index in [2.05, 4.69) is 10.3 Å². The monoisotopic (exact) mass is 383 g/mol. The summed E-state index contributed by atoms with van der Waals surface area (Å²) in [4.78, 5) is 16.4. The van der Waals surface area contributed by atoms with E-state index in [4.69, 9.17) is 19.9 Å². The number of aliphatic imine (C=N–C) groups is 1. The Morgan fingerprint density at radius 2 is 2.22 bits per heavy atom. The second-order valence-corrected chi connectivity index (χ2v) is 7.63. The smallest absolute Gasteiger partial charge is 0.415 e. The van der Waals surface area contributed by atoms with Crippen LogP contribution in [0.25, 0.3) is 0 Å². The van der Waals surface area contributed by atoms with Gasteiger partial charge in [-0.1, -0.05) is 0 Å². The maximum Gasteiger partial charge on any atom is 0.415 e. The largest absolute Gasteiger partial charge is 0.464 e. The zero-order chi connectivity index (χ0) is 19.8. The molecule has 2 heterocycles. The number of carbonyl (C=O) groups excluding carboxylic acids is 1. The molecule has 9 heteroatoms. The number of nitrogens with one attached hydrogen (secondary N) is 1. The number of rotatable bonds is 2. The first-order valence-electron chi connectivity index (χ1n) is 8.60. The van der Waals surface area contributed by atoms with E-state index in [1.54, 1.807) is 20.8 Å². The molecule has 1 amide bonds. The molecule has 2 aliphatic heterocycles. The second-order valence-electron chi connectivity index (χ2n) is 7.63. The number of hydrogen-bond donors (Lipinski definition) is 2. The number of halogens is 2. The van der Waals surface area contributed by atoms with Crippen molar-refractivity contribution in [3.63, 3.8) is 0 Å². The number of alkyl halides is 1. The summed E-state index contributed by atoms with van der Waals surface area (Å²) in [6.07, 6.45) is -1.55. The Morgan fingerprint density at radius 1 is 1.48 bits per heavy atom. The van der Waals surface area contributed by atoms with Crippen LogP contribution in [0.15, 0.2) is 23.2 Å². The zero-order valence-corrected chi connectivity index (χ0v) is 15.4. The number of amides is 1. The highest BCUT2D eigenvalue weighted by molar-refractivity contribution is 5.91. The van der Waals surface area contributed by atoms with Gasteiger partial charge in [-0.3, -0.25) is 0 Å². The van der Waals surface area contributed by atoms with Gasteiger partial charge in [-0.25, -0.2) is 23.9 Å². The Labute approximate surface area is 155 Å². The van der Waals surface area contributed by atoms with E-state index in [-0.39, 0.29) is 24.8 Å². The van der Waals surface area contributed by atoms with Gasteiger partial charge in [0.05, 0.1) is 25.2 Å². The topological polar surface area (TPSA) is 95.2 Å². The van der Waals surface area contributed by atoms with Crippen molar-refractivity contribution in [1.82, 2.24) is 5.32 Å². The van der Waals surface area contributed by atoms with E-state index in [0.29, 0.717) is 5.69 Å². The number of nitrogens with zero attached hydrogens (tertiary/aromatic N) is 1. The first-order valence-corrected chi connectivity index (χ1v) is 8.60. The van der Waals surface area contributed by atoms with Crippen LogP contribution in [0.3, 0.4) is 0 Å². The first kappa shape index (κ1) is 19.3. The number of benzene rings is 1. The van der Waals surface area contributed by atoms with Gasteiger partial charge in [0.2, 0.25) is 0 Å². The summed E-state index contributed by atoms with van der Waals surface area (Å²) >= 11 is 0. The molecule has 0 bridgehead atoms. The average Bonchev–Trinajstić information content (AvgIpc) is 2.94. The maximum atomic E-state index is 14.6. The quantitative estimate of drug-likeness (QED) is 0.765. The van der Waals surface area contributed by atoms with Gasteiger partial charge in [0.1, 0.15) is 23.6 Å². The van der Waals surface area contributed by atoms with Gasteiger partial charge in [0.15, 0.2) is 0 Å². The van der Waals surface area contributed by atoms with Gasteiger partial charge in [0.25, 0.3) is 6.02 Å².